The first-order chi connectivity index (χ1) is 12.5. The number of benzene rings is 2. The molecule has 0 aliphatic heterocycles. The maximum atomic E-state index is 12.1. The summed E-state index contributed by atoms with van der Waals surface area (Å²) in [6.45, 7) is 2.50. The van der Waals surface area contributed by atoms with Crippen LogP contribution in [0.4, 0.5) is 15.6 Å². The Balaban J connectivity index is 1.68. The van der Waals surface area contributed by atoms with Gasteiger partial charge in [0.1, 0.15) is 10.8 Å². The van der Waals surface area contributed by atoms with Gasteiger partial charge in [0, 0.05) is 10.6 Å². The lowest BCUT2D eigenvalue weighted by Gasteiger charge is -2.07. The van der Waals surface area contributed by atoms with E-state index in [-0.39, 0.29) is 0 Å². The highest BCUT2D eigenvalue weighted by Gasteiger charge is 2.12. The van der Waals surface area contributed by atoms with Crippen LogP contribution < -0.4 is 15.4 Å². The largest absolute Gasteiger partial charge is 0.494 e. The van der Waals surface area contributed by atoms with Crippen LogP contribution in [0.1, 0.15) is 6.92 Å². The van der Waals surface area contributed by atoms with Crippen molar-refractivity contribution in [2.75, 3.05) is 17.2 Å². The van der Waals surface area contributed by atoms with Crippen LogP contribution in [0.2, 0.25) is 10.0 Å². The minimum Gasteiger partial charge on any atom is -0.494 e. The van der Waals surface area contributed by atoms with Gasteiger partial charge in [0.2, 0.25) is 5.13 Å². The third-order valence-corrected chi connectivity index (χ3v) is 4.65. The van der Waals surface area contributed by atoms with E-state index in [1.807, 2.05) is 31.2 Å². The highest BCUT2D eigenvalue weighted by Crippen LogP contribution is 2.29. The second kappa shape index (κ2) is 8.35. The van der Waals surface area contributed by atoms with Crippen molar-refractivity contribution in [2.45, 2.75) is 6.92 Å². The molecular formula is C17H14Cl2N4O2S. The van der Waals surface area contributed by atoms with E-state index in [2.05, 4.69) is 20.8 Å². The Morgan fingerprint density at radius 3 is 2.77 bits per heavy atom. The molecule has 3 rings (SSSR count). The molecule has 26 heavy (non-hydrogen) atoms. The molecule has 0 aliphatic carbocycles. The summed E-state index contributed by atoms with van der Waals surface area (Å²) in [6, 6.07) is 11.9. The van der Waals surface area contributed by atoms with Gasteiger partial charge in [-0.2, -0.15) is 0 Å². The summed E-state index contributed by atoms with van der Waals surface area (Å²) >= 11 is 13.1. The predicted octanol–water partition coefficient (Wildman–Crippen LogP) is 5.55. The number of carbonyl (C=O) groups is 1. The topological polar surface area (TPSA) is 76.1 Å². The normalized spacial score (nSPS) is 10.4. The first kappa shape index (κ1) is 18.4. The zero-order valence-electron chi connectivity index (χ0n) is 13.6. The third-order valence-electron chi connectivity index (χ3n) is 3.22. The molecule has 3 aromatic rings. The molecule has 2 aromatic carbocycles. The molecule has 0 unspecified atom stereocenters. The zero-order chi connectivity index (χ0) is 18.5. The number of hydrogen-bond acceptors (Lipinski definition) is 5. The lowest BCUT2D eigenvalue weighted by atomic mass is 10.2. The van der Waals surface area contributed by atoms with Crippen molar-refractivity contribution in [1.29, 1.82) is 0 Å². The second-order valence-corrected chi connectivity index (χ2v) is 6.90. The number of rotatable bonds is 5. The molecule has 0 atom stereocenters. The Hall–Kier alpha value is -2.35. The Labute approximate surface area is 164 Å². The molecular weight excluding hydrogens is 395 g/mol. The van der Waals surface area contributed by atoms with Gasteiger partial charge in [-0.3, -0.25) is 5.32 Å². The lowest BCUT2D eigenvalue weighted by Crippen LogP contribution is -2.19. The molecule has 1 heterocycles. The maximum Gasteiger partial charge on any atom is 0.325 e. The molecule has 0 spiro atoms. The van der Waals surface area contributed by atoms with Crippen LogP contribution in [0, 0.1) is 0 Å². The molecule has 1 aromatic heterocycles. The van der Waals surface area contributed by atoms with Crippen LogP contribution in [-0.2, 0) is 0 Å². The average Bonchev–Trinajstić information content (AvgIpc) is 3.06. The SMILES string of the molecule is CCOc1cccc(-c2nnc(NC(=O)Nc3ccc(Cl)cc3Cl)s2)c1. The summed E-state index contributed by atoms with van der Waals surface area (Å²) < 4.78 is 5.48. The Bertz CT molecular complexity index is 933. The number of halogens is 2. The predicted molar refractivity (Wildman–Crippen MR) is 106 cm³/mol. The van der Waals surface area contributed by atoms with Gasteiger partial charge in [-0.1, -0.05) is 46.7 Å². The van der Waals surface area contributed by atoms with Gasteiger partial charge in [-0.25, -0.2) is 4.79 Å². The summed E-state index contributed by atoms with van der Waals surface area (Å²) in [6.07, 6.45) is 0. The summed E-state index contributed by atoms with van der Waals surface area (Å²) in [5.41, 5.74) is 1.31. The summed E-state index contributed by atoms with van der Waals surface area (Å²) in [7, 11) is 0. The molecule has 6 nitrogen and oxygen atoms in total. The number of nitrogens with one attached hydrogen (secondary N) is 2. The van der Waals surface area contributed by atoms with E-state index >= 15 is 0 Å². The van der Waals surface area contributed by atoms with Crippen LogP contribution >= 0.6 is 34.5 Å². The molecule has 2 N–H and O–H groups in total. The molecule has 9 heteroatoms. The van der Waals surface area contributed by atoms with Gasteiger partial charge in [0.05, 0.1) is 17.3 Å². The summed E-state index contributed by atoms with van der Waals surface area (Å²) in [5, 5.41) is 15.2. The minimum absolute atomic E-state index is 0.346. The average molecular weight is 409 g/mol. The summed E-state index contributed by atoms with van der Waals surface area (Å²) in [4.78, 5) is 12.1. The van der Waals surface area contributed by atoms with Crippen molar-refractivity contribution in [3.05, 3.63) is 52.5 Å². The van der Waals surface area contributed by atoms with Gasteiger partial charge in [-0.15, -0.1) is 10.2 Å². The van der Waals surface area contributed by atoms with Crippen molar-refractivity contribution < 1.29 is 9.53 Å². The molecule has 2 amide bonds. The number of aromatic nitrogens is 2. The number of carbonyl (C=O) groups excluding carboxylic acids is 1. The Kier molecular flexibility index (Phi) is 5.92. The van der Waals surface area contributed by atoms with Crippen molar-refractivity contribution in [1.82, 2.24) is 10.2 Å². The number of nitrogens with zero attached hydrogens (tertiary/aromatic N) is 2. The van der Waals surface area contributed by atoms with E-state index in [9.17, 15) is 4.79 Å². The van der Waals surface area contributed by atoms with Gasteiger partial charge in [-0.05, 0) is 37.3 Å². The van der Waals surface area contributed by atoms with E-state index < -0.39 is 6.03 Å². The molecule has 0 radical (unpaired) electrons. The van der Waals surface area contributed by atoms with E-state index in [1.165, 1.54) is 11.3 Å². The van der Waals surface area contributed by atoms with Gasteiger partial charge >= 0.3 is 6.03 Å². The standard InChI is InChI=1S/C17H14Cl2N4O2S/c1-2-25-12-5-3-4-10(8-12)15-22-23-17(26-15)21-16(24)20-14-7-6-11(18)9-13(14)19/h3-9H,2H2,1H3,(H2,20,21,23,24). The molecule has 0 saturated heterocycles. The molecule has 134 valence electrons. The number of hydrogen-bond donors (Lipinski definition) is 2. The van der Waals surface area contributed by atoms with Crippen LogP contribution in [0.5, 0.6) is 5.75 Å². The number of ether oxygens (including phenoxy) is 1. The van der Waals surface area contributed by atoms with E-state index in [0.717, 1.165) is 11.3 Å². The number of anilines is 2. The second-order valence-electron chi connectivity index (χ2n) is 5.08. The highest BCUT2D eigenvalue weighted by atomic mass is 35.5. The third kappa shape index (κ3) is 4.63. The lowest BCUT2D eigenvalue weighted by molar-refractivity contribution is 0.262. The summed E-state index contributed by atoms with van der Waals surface area (Å²) in [5.74, 6) is 0.754. The van der Waals surface area contributed by atoms with Gasteiger partial charge < -0.3 is 10.1 Å². The van der Waals surface area contributed by atoms with Crippen LogP contribution in [-0.4, -0.2) is 22.8 Å². The molecule has 0 bridgehead atoms. The fraction of sp³-hybridized carbons (Fsp3) is 0.118. The Morgan fingerprint density at radius 2 is 2.00 bits per heavy atom. The monoisotopic (exact) mass is 408 g/mol. The maximum absolute atomic E-state index is 12.1. The van der Waals surface area contributed by atoms with E-state index in [0.29, 0.717) is 32.5 Å². The Morgan fingerprint density at radius 1 is 1.15 bits per heavy atom. The van der Waals surface area contributed by atoms with Crippen molar-refractivity contribution >= 4 is 51.4 Å². The van der Waals surface area contributed by atoms with Crippen molar-refractivity contribution in [3.8, 4) is 16.3 Å². The smallest absolute Gasteiger partial charge is 0.325 e. The fourth-order valence-electron chi connectivity index (χ4n) is 2.12. The van der Waals surface area contributed by atoms with Crippen molar-refractivity contribution in [2.24, 2.45) is 0 Å². The van der Waals surface area contributed by atoms with Gasteiger partial charge in [0.25, 0.3) is 0 Å². The van der Waals surface area contributed by atoms with E-state index in [1.54, 1.807) is 18.2 Å². The quantitative estimate of drug-likeness (QED) is 0.579. The molecule has 0 fully saturated rings. The van der Waals surface area contributed by atoms with Crippen LogP contribution in [0.3, 0.4) is 0 Å². The van der Waals surface area contributed by atoms with Gasteiger partial charge in [0.15, 0.2) is 0 Å². The molecule has 0 aliphatic rings. The van der Waals surface area contributed by atoms with E-state index in [4.69, 9.17) is 27.9 Å². The van der Waals surface area contributed by atoms with Crippen LogP contribution in [0.25, 0.3) is 10.6 Å². The first-order valence-corrected chi connectivity index (χ1v) is 9.22. The van der Waals surface area contributed by atoms with Crippen molar-refractivity contribution in [3.63, 3.8) is 0 Å². The minimum atomic E-state index is -0.472. The first-order valence-electron chi connectivity index (χ1n) is 7.65. The highest BCUT2D eigenvalue weighted by molar-refractivity contribution is 7.18. The molecule has 0 saturated carbocycles. The number of urea groups is 1. The number of amides is 2. The van der Waals surface area contributed by atoms with Crippen LogP contribution in [0.15, 0.2) is 42.5 Å². The fourth-order valence-corrected chi connectivity index (χ4v) is 3.31. The zero-order valence-corrected chi connectivity index (χ0v) is 16.0.